The van der Waals surface area contributed by atoms with Gasteiger partial charge in [0.05, 0.1) is 10.6 Å². The molecule has 8 heteroatoms. The lowest BCUT2D eigenvalue weighted by molar-refractivity contribution is -0.115. The van der Waals surface area contributed by atoms with Crippen molar-refractivity contribution in [3.8, 4) is 0 Å². The largest absolute Gasteiger partial charge is 0.326 e. The Kier molecular flexibility index (Phi) is 7.12. The van der Waals surface area contributed by atoms with Crippen LogP contribution in [0.15, 0.2) is 88.7 Å². The van der Waals surface area contributed by atoms with Crippen molar-refractivity contribution >= 4 is 39.1 Å². The minimum atomic E-state index is -3.77. The molecular formula is C22H21FN2O3S2. The van der Waals surface area contributed by atoms with Gasteiger partial charge in [0.25, 0.3) is 10.0 Å². The van der Waals surface area contributed by atoms with E-state index in [0.717, 1.165) is 0 Å². The summed E-state index contributed by atoms with van der Waals surface area (Å²) in [6.07, 6.45) is 0.167. The zero-order chi connectivity index (χ0) is 21.6. The Hall–Kier alpha value is -2.84. The predicted octanol–water partition coefficient (Wildman–Crippen LogP) is 4.77. The van der Waals surface area contributed by atoms with Gasteiger partial charge in [0.1, 0.15) is 5.82 Å². The maximum atomic E-state index is 13.6. The molecule has 156 valence electrons. The molecule has 0 fully saturated rings. The average molecular weight is 445 g/mol. The van der Waals surface area contributed by atoms with E-state index in [2.05, 4.69) is 5.32 Å². The van der Waals surface area contributed by atoms with Crippen LogP contribution in [0.1, 0.15) is 6.42 Å². The van der Waals surface area contributed by atoms with Gasteiger partial charge >= 0.3 is 0 Å². The van der Waals surface area contributed by atoms with Gasteiger partial charge in [-0.2, -0.15) is 0 Å². The Morgan fingerprint density at radius 2 is 1.70 bits per heavy atom. The SMILES string of the molecule is CN(c1ccccc1)S(=O)(=O)c1cccc(NC(=O)CCSc2ccccc2F)c1. The summed E-state index contributed by atoms with van der Waals surface area (Å²) < 4.78 is 40.6. The molecular weight excluding hydrogens is 423 g/mol. The number of halogens is 1. The highest BCUT2D eigenvalue weighted by Gasteiger charge is 2.21. The summed E-state index contributed by atoms with van der Waals surface area (Å²) in [5.74, 6) is -0.185. The summed E-state index contributed by atoms with van der Waals surface area (Å²) in [5.41, 5.74) is 0.926. The van der Waals surface area contributed by atoms with E-state index >= 15 is 0 Å². The second kappa shape index (κ2) is 9.77. The van der Waals surface area contributed by atoms with Crippen molar-refractivity contribution in [2.75, 3.05) is 22.4 Å². The van der Waals surface area contributed by atoms with Gasteiger partial charge in [0, 0.05) is 29.8 Å². The van der Waals surface area contributed by atoms with Crippen LogP contribution in [0.5, 0.6) is 0 Å². The van der Waals surface area contributed by atoms with Crippen LogP contribution in [0.4, 0.5) is 15.8 Å². The lowest BCUT2D eigenvalue weighted by Gasteiger charge is -2.19. The number of carbonyl (C=O) groups excluding carboxylic acids is 1. The third-order valence-corrected chi connectivity index (χ3v) is 7.15. The molecule has 0 saturated heterocycles. The molecule has 3 aromatic rings. The summed E-state index contributed by atoms with van der Waals surface area (Å²) in [6, 6.07) is 21.3. The molecule has 3 aromatic carbocycles. The second-order valence-electron chi connectivity index (χ2n) is 6.41. The van der Waals surface area contributed by atoms with E-state index in [1.54, 1.807) is 54.6 Å². The number of amides is 1. The first-order valence-corrected chi connectivity index (χ1v) is 11.6. The zero-order valence-corrected chi connectivity index (χ0v) is 17.9. The van der Waals surface area contributed by atoms with Crippen molar-refractivity contribution in [3.63, 3.8) is 0 Å². The normalized spacial score (nSPS) is 11.1. The van der Waals surface area contributed by atoms with Crippen LogP contribution in [0, 0.1) is 5.82 Å². The van der Waals surface area contributed by atoms with E-state index in [1.807, 2.05) is 6.07 Å². The van der Waals surface area contributed by atoms with Gasteiger partial charge < -0.3 is 5.32 Å². The smallest absolute Gasteiger partial charge is 0.264 e. The third-order valence-electron chi connectivity index (χ3n) is 4.32. The summed E-state index contributed by atoms with van der Waals surface area (Å²) in [6.45, 7) is 0. The molecule has 30 heavy (non-hydrogen) atoms. The lowest BCUT2D eigenvalue weighted by atomic mass is 10.3. The Morgan fingerprint density at radius 3 is 2.43 bits per heavy atom. The molecule has 0 heterocycles. The fraction of sp³-hybridized carbons (Fsp3) is 0.136. The van der Waals surface area contributed by atoms with E-state index in [-0.39, 0.29) is 23.0 Å². The molecule has 3 rings (SSSR count). The quantitative estimate of drug-likeness (QED) is 0.508. The lowest BCUT2D eigenvalue weighted by Crippen LogP contribution is -2.26. The number of hydrogen-bond acceptors (Lipinski definition) is 4. The van der Waals surface area contributed by atoms with Gasteiger partial charge in [0.2, 0.25) is 5.91 Å². The van der Waals surface area contributed by atoms with E-state index in [0.29, 0.717) is 22.0 Å². The molecule has 0 aliphatic heterocycles. The summed E-state index contributed by atoms with van der Waals surface area (Å²) in [4.78, 5) is 12.8. The van der Waals surface area contributed by atoms with Crippen LogP contribution in [0.2, 0.25) is 0 Å². The number of para-hydroxylation sites is 1. The van der Waals surface area contributed by atoms with Crippen LogP contribution in [0.3, 0.4) is 0 Å². The number of anilines is 2. The van der Waals surface area contributed by atoms with Gasteiger partial charge in [-0.15, -0.1) is 11.8 Å². The first kappa shape index (κ1) is 21.9. The second-order valence-corrected chi connectivity index (χ2v) is 9.52. The molecule has 0 aliphatic rings. The Balaban J connectivity index is 1.63. The summed E-state index contributed by atoms with van der Waals surface area (Å²) >= 11 is 1.26. The van der Waals surface area contributed by atoms with Gasteiger partial charge in [-0.3, -0.25) is 9.10 Å². The molecule has 0 aliphatic carbocycles. The number of thioether (sulfide) groups is 1. The van der Waals surface area contributed by atoms with E-state index in [9.17, 15) is 17.6 Å². The number of nitrogens with one attached hydrogen (secondary N) is 1. The van der Waals surface area contributed by atoms with Gasteiger partial charge in [-0.25, -0.2) is 12.8 Å². The number of benzene rings is 3. The Labute approximate surface area is 180 Å². The number of carbonyl (C=O) groups is 1. The number of hydrogen-bond donors (Lipinski definition) is 1. The zero-order valence-electron chi connectivity index (χ0n) is 16.3. The maximum absolute atomic E-state index is 13.6. The summed E-state index contributed by atoms with van der Waals surface area (Å²) in [7, 11) is -2.29. The molecule has 1 amide bonds. The van der Waals surface area contributed by atoms with E-state index < -0.39 is 10.0 Å². The van der Waals surface area contributed by atoms with Gasteiger partial charge in [-0.05, 0) is 42.5 Å². The van der Waals surface area contributed by atoms with Crippen molar-refractivity contribution in [2.45, 2.75) is 16.2 Å². The van der Waals surface area contributed by atoms with Crippen molar-refractivity contribution in [1.82, 2.24) is 0 Å². The highest BCUT2D eigenvalue weighted by molar-refractivity contribution is 7.99. The molecule has 0 spiro atoms. The molecule has 0 atom stereocenters. The van der Waals surface area contributed by atoms with E-state index in [4.69, 9.17) is 0 Å². The fourth-order valence-corrected chi connectivity index (χ4v) is 4.84. The molecule has 0 aromatic heterocycles. The predicted molar refractivity (Wildman–Crippen MR) is 119 cm³/mol. The number of rotatable bonds is 8. The van der Waals surface area contributed by atoms with Crippen molar-refractivity contribution < 1.29 is 17.6 Å². The number of nitrogens with zero attached hydrogens (tertiary/aromatic N) is 1. The molecule has 0 radical (unpaired) electrons. The number of sulfonamides is 1. The fourth-order valence-electron chi connectivity index (χ4n) is 2.71. The van der Waals surface area contributed by atoms with Crippen LogP contribution in [-0.4, -0.2) is 27.1 Å². The Bertz CT molecular complexity index is 1120. The Morgan fingerprint density at radius 1 is 1.00 bits per heavy atom. The van der Waals surface area contributed by atoms with Crippen molar-refractivity contribution in [1.29, 1.82) is 0 Å². The monoisotopic (exact) mass is 444 g/mol. The van der Waals surface area contributed by atoms with E-state index in [1.165, 1.54) is 41.3 Å². The molecule has 5 nitrogen and oxygen atoms in total. The standard InChI is InChI=1S/C22H21FN2O3S2/c1-25(18-9-3-2-4-10-18)30(27,28)19-11-7-8-17(16-19)24-22(26)14-15-29-21-13-6-5-12-20(21)23/h2-13,16H,14-15H2,1H3,(H,24,26). The summed E-state index contributed by atoms with van der Waals surface area (Å²) in [5, 5.41) is 2.71. The van der Waals surface area contributed by atoms with Crippen molar-refractivity contribution in [2.24, 2.45) is 0 Å². The minimum Gasteiger partial charge on any atom is -0.326 e. The van der Waals surface area contributed by atoms with Crippen LogP contribution in [0.25, 0.3) is 0 Å². The minimum absolute atomic E-state index is 0.0763. The van der Waals surface area contributed by atoms with Crippen molar-refractivity contribution in [3.05, 3.63) is 84.7 Å². The molecule has 0 bridgehead atoms. The highest BCUT2D eigenvalue weighted by atomic mass is 32.2. The first-order valence-electron chi connectivity index (χ1n) is 9.19. The van der Waals surface area contributed by atoms with Crippen LogP contribution < -0.4 is 9.62 Å². The van der Waals surface area contributed by atoms with Crippen LogP contribution >= 0.6 is 11.8 Å². The molecule has 1 N–H and O–H groups in total. The third kappa shape index (κ3) is 5.40. The van der Waals surface area contributed by atoms with Gasteiger partial charge in [0.15, 0.2) is 0 Å². The molecule has 0 unspecified atom stereocenters. The topological polar surface area (TPSA) is 66.5 Å². The molecule has 0 saturated carbocycles. The first-order chi connectivity index (χ1) is 14.4. The maximum Gasteiger partial charge on any atom is 0.264 e. The van der Waals surface area contributed by atoms with Crippen LogP contribution in [-0.2, 0) is 14.8 Å². The van der Waals surface area contributed by atoms with Gasteiger partial charge in [-0.1, -0.05) is 36.4 Å². The highest BCUT2D eigenvalue weighted by Crippen LogP contribution is 2.24. The average Bonchev–Trinajstić information content (AvgIpc) is 2.75.